The minimum absolute atomic E-state index is 0.0249. The largest absolute Gasteiger partial charge is 0.478 e. The van der Waals surface area contributed by atoms with E-state index in [1.165, 1.54) is 19.2 Å². The lowest BCUT2D eigenvalue weighted by atomic mass is 10.0. The van der Waals surface area contributed by atoms with Gasteiger partial charge in [-0.3, -0.25) is 0 Å². The lowest BCUT2D eigenvalue weighted by Crippen LogP contribution is -2.09. The van der Waals surface area contributed by atoms with E-state index in [0.29, 0.717) is 16.9 Å². The summed E-state index contributed by atoms with van der Waals surface area (Å²) in [7, 11) is 1.23. The van der Waals surface area contributed by atoms with E-state index in [1.807, 2.05) is 0 Å². The summed E-state index contributed by atoms with van der Waals surface area (Å²) in [5, 5.41) is 9.27. The highest BCUT2D eigenvalue weighted by atomic mass is 16.5. The van der Waals surface area contributed by atoms with Crippen molar-refractivity contribution in [3.63, 3.8) is 0 Å². The molecule has 0 unspecified atom stereocenters. The van der Waals surface area contributed by atoms with Gasteiger partial charge in [-0.2, -0.15) is 0 Å². The van der Waals surface area contributed by atoms with Crippen molar-refractivity contribution in [3.05, 3.63) is 58.7 Å². The first-order chi connectivity index (χ1) is 11.0. The number of carbonyl (C=O) groups excluding carboxylic acids is 1. The molecule has 5 heteroatoms. The standard InChI is InChI=1S/C18H14O5/c1-4-12-5-7-13(8-6-12)23-14-9-15(17(19)20)11(2)16(10-14)18(21)22-3/h1,5-10H,2-3H3,(H,19,20). The second-order valence-corrected chi connectivity index (χ2v) is 4.71. The quantitative estimate of drug-likeness (QED) is 0.693. The minimum atomic E-state index is -1.15. The number of hydrogen-bond acceptors (Lipinski definition) is 4. The van der Waals surface area contributed by atoms with Gasteiger partial charge in [0.2, 0.25) is 0 Å². The topological polar surface area (TPSA) is 72.8 Å². The van der Waals surface area contributed by atoms with Gasteiger partial charge in [-0.25, -0.2) is 9.59 Å². The van der Waals surface area contributed by atoms with Crippen LogP contribution in [0.15, 0.2) is 36.4 Å². The number of terminal acetylenes is 1. The summed E-state index contributed by atoms with van der Waals surface area (Å²) in [5.41, 5.74) is 1.13. The predicted octanol–water partition coefficient (Wildman–Crippen LogP) is 3.25. The number of carboxylic acid groups (broad SMARTS) is 1. The molecular formula is C18H14O5. The molecule has 0 atom stereocenters. The molecule has 116 valence electrons. The molecule has 0 bridgehead atoms. The van der Waals surface area contributed by atoms with Gasteiger partial charge in [-0.1, -0.05) is 5.92 Å². The van der Waals surface area contributed by atoms with Crippen LogP contribution >= 0.6 is 0 Å². The molecule has 0 heterocycles. The molecule has 0 amide bonds. The molecule has 0 aliphatic rings. The van der Waals surface area contributed by atoms with E-state index in [9.17, 15) is 14.7 Å². The molecule has 0 saturated carbocycles. The summed E-state index contributed by atoms with van der Waals surface area (Å²) in [4.78, 5) is 23.1. The van der Waals surface area contributed by atoms with E-state index in [2.05, 4.69) is 10.7 Å². The molecule has 1 N–H and O–H groups in total. The lowest BCUT2D eigenvalue weighted by Gasteiger charge is -2.12. The van der Waals surface area contributed by atoms with Crippen LogP contribution in [-0.4, -0.2) is 24.2 Å². The zero-order chi connectivity index (χ0) is 17.0. The van der Waals surface area contributed by atoms with Crippen LogP contribution in [0.5, 0.6) is 11.5 Å². The van der Waals surface area contributed by atoms with E-state index in [4.69, 9.17) is 11.2 Å². The molecule has 0 spiro atoms. The fourth-order valence-electron chi connectivity index (χ4n) is 2.05. The highest BCUT2D eigenvalue weighted by molar-refractivity contribution is 5.98. The average molecular weight is 310 g/mol. The first-order valence-electron chi connectivity index (χ1n) is 6.67. The molecule has 0 fully saturated rings. The fourth-order valence-corrected chi connectivity index (χ4v) is 2.05. The highest BCUT2D eigenvalue weighted by Gasteiger charge is 2.19. The van der Waals surface area contributed by atoms with Crippen molar-refractivity contribution in [1.29, 1.82) is 0 Å². The Morgan fingerprint density at radius 3 is 2.22 bits per heavy atom. The third-order valence-corrected chi connectivity index (χ3v) is 3.27. The molecule has 2 aromatic rings. The third-order valence-electron chi connectivity index (χ3n) is 3.27. The van der Waals surface area contributed by atoms with E-state index in [-0.39, 0.29) is 16.9 Å². The van der Waals surface area contributed by atoms with Gasteiger partial charge in [0.05, 0.1) is 18.2 Å². The van der Waals surface area contributed by atoms with Crippen molar-refractivity contribution >= 4 is 11.9 Å². The molecule has 0 aromatic heterocycles. The Balaban J connectivity index is 2.45. The summed E-state index contributed by atoms with van der Waals surface area (Å²) in [5.74, 6) is 1.40. The van der Waals surface area contributed by atoms with Crippen LogP contribution in [-0.2, 0) is 4.74 Å². The molecule has 23 heavy (non-hydrogen) atoms. The summed E-state index contributed by atoms with van der Waals surface area (Å²) >= 11 is 0. The Kier molecular flexibility index (Phi) is 4.67. The average Bonchev–Trinajstić information content (AvgIpc) is 2.56. The SMILES string of the molecule is C#Cc1ccc(Oc2cc(C(=O)O)c(C)c(C(=O)OC)c2)cc1. The van der Waals surface area contributed by atoms with Crippen molar-refractivity contribution < 1.29 is 24.2 Å². The van der Waals surface area contributed by atoms with Gasteiger partial charge in [0.1, 0.15) is 11.5 Å². The molecule has 2 rings (SSSR count). The van der Waals surface area contributed by atoms with Gasteiger partial charge in [0.15, 0.2) is 0 Å². The van der Waals surface area contributed by atoms with E-state index >= 15 is 0 Å². The van der Waals surface area contributed by atoms with Crippen LogP contribution in [0.2, 0.25) is 0 Å². The fraction of sp³-hybridized carbons (Fsp3) is 0.111. The third kappa shape index (κ3) is 3.50. The van der Waals surface area contributed by atoms with Crippen molar-refractivity contribution in [2.45, 2.75) is 6.92 Å². The maximum atomic E-state index is 11.8. The predicted molar refractivity (Wildman–Crippen MR) is 83.9 cm³/mol. The van der Waals surface area contributed by atoms with Gasteiger partial charge in [-0.15, -0.1) is 6.42 Å². The van der Waals surface area contributed by atoms with Crippen molar-refractivity contribution in [2.75, 3.05) is 7.11 Å². The van der Waals surface area contributed by atoms with Gasteiger partial charge >= 0.3 is 11.9 Å². The van der Waals surface area contributed by atoms with Crippen LogP contribution in [0.1, 0.15) is 31.8 Å². The normalized spacial score (nSPS) is 9.78. The number of methoxy groups -OCH3 is 1. The first-order valence-corrected chi connectivity index (χ1v) is 6.67. The lowest BCUT2D eigenvalue weighted by molar-refractivity contribution is 0.0599. The van der Waals surface area contributed by atoms with Crippen LogP contribution in [0.4, 0.5) is 0 Å². The zero-order valence-corrected chi connectivity index (χ0v) is 12.6. The maximum Gasteiger partial charge on any atom is 0.338 e. The van der Waals surface area contributed by atoms with Crippen LogP contribution < -0.4 is 4.74 Å². The summed E-state index contributed by atoms with van der Waals surface area (Å²) in [6.45, 7) is 1.54. The number of carboxylic acids is 1. The molecule has 0 radical (unpaired) electrons. The van der Waals surface area contributed by atoms with Crippen molar-refractivity contribution in [3.8, 4) is 23.8 Å². The van der Waals surface area contributed by atoms with Crippen LogP contribution in [0, 0.1) is 19.3 Å². The molecule has 0 aliphatic heterocycles. The van der Waals surface area contributed by atoms with E-state index in [0.717, 1.165) is 0 Å². The maximum absolute atomic E-state index is 11.8. The zero-order valence-electron chi connectivity index (χ0n) is 12.6. The summed E-state index contributed by atoms with van der Waals surface area (Å²) < 4.78 is 10.3. The van der Waals surface area contributed by atoms with Crippen LogP contribution in [0.3, 0.4) is 0 Å². The number of aromatic carboxylic acids is 1. The van der Waals surface area contributed by atoms with E-state index in [1.54, 1.807) is 31.2 Å². The monoisotopic (exact) mass is 310 g/mol. The second kappa shape index (κ2) is 6.67. The van der Waals surface area contributed by atoms with Gasteiger partial charge in [0.25, 0.3) is 0 Å². The molecule has 2 aromatic carbocycles. The van der Waals surface area contributed by atoms with Crippen molar-refractivity contribution in [1.82, 2.24) is 0 Å². The van der Waals surface area contributed by atoms with Gasteiger partial charge in [0, 0.05) is 5.56 Å². The minimum Gasteiger partial charge on any atom is -0.478 e. The Morgan fingerprint density at radius 1 is 1.09 bits per heavy atom. The molecule has 0 saturated heterocycles. The summed E-state index contributed by atoms with van der Waals surface area (Å²) in [6, 6.07) is 9.52. The van der Waals surface area contributed by atoms with Crippen molar-refractivity contribution in [2.24, 2.45) is 0 Å². The number of benzene rings is 2. The number of hydrogen-bond donors (Lipinski definition) is 1. The Morgan fingerprint density at radius 2 is 1.70 bits per heavy atom. The van der Waals surface area contributed by atoms with Gasteiger partial charge in [-0.05, 0) is 48.9 Å². The Bertz CT molecular complexity index is 797. The number of rotatable bonds is 4. The van der Waals surface area contributed by atoms with Gasteiger partial charge < -0.3 is 14.6 Å². The second-order valence-electron chi connectivity index (χ2n) is 4.71. The number of esters is 1. The molecule has 0 aliphatic carbocycles. The Labute approximate surface area is 133 Å². The van der Waals surface area contributed by atoms with E-state index < -0.39 is 11.9 Å². The smallest absolute Gasteiger partial charge is 0.338 e. The Hall–Kier alpha value is -3.26. The molecule has 5 nitrogen and oxygen atoms in total. The number of ether oxygens (including phenoxy) is 2. The first kappa shape index (κ1) is 16.1. The summed E-state index contributed by atoms with van der Waals surface area (Å²) in [6.07, 6.45) is 5.28. The van der Waals surface area contributed by atoms with Crippen LogP contribution in [0.25, 0.3) is 0 Å². The molecular weight excluding hydrogens is 296 g/mol. The highest BCUT2D eigenvalue weighted by Crippen LogP contribution is 2.27. The number of carbonyl (C=O) groups is 2.